The van der Waals surface area contributed by atoms with Crippen molar-refractivity contribution in [2.45, 2.75) is 12.5 Å². The number of hydrazine groups is 1. The van der Waals surface area contributed by atoms with Crippen molar-refractivity contribution in [3.63, 3.8) is 0 Å². The van der Waals surface area contributed by atoms with E-state index >= 15 is 0 Å². The van der Waals surface area contributed by atoms with Gasteiger partial charge in [0.25, 0.3) is 0 Å². The molecule has 0 saturated heterocycles. The number of rotatable bonds is 4. The minimum atomic E-state index is -0.000729. The number of aryl methyl sites for hydroxylation is 1. The van der Waals surface area contributed by atoms with Crippen LogP contribution in [0.2, 0.25) is 0 Å². The van der Waals surface area contributed by atoms with Gasteiger partial charge in [-0.3, -0.25) is 16.3 Å². The summed E-state index contributed by atoms with van der Waals surface area (Å²) in [5.74, 6) is 6.68. The number of hydrogen-bond donors (Lipinski definition) is 2. The van der Waals surface area contributed by atoms with Gasteiger partial charge in [0.1, 0.15) is 5.82 Å². The molecule has 3 N–H and O–H groups in total. The Balaban J connectivity index is 1.94. The maximum Gasteiger partial charge on any atom is 0.111 e. The highest BCUT2D eigenvalue weighted by Gasteiger charge is 2.15. The summed E-state index contributed by atoms with van der Waals surface area (Å²) in [6.07, 6.45) is 4.30. The maximum absolute atomic E-state index is 5.68. The van der Waals surface area contributed by atoms with Crippen molar-refractivity contribution in [1.29, 1.82) is 0 Å². The van der Waals surface area contributed by atoms with E-state index in [1.807, 2.05) is 43.6 Å². The normalized spacial score (nSPS) is 12.7. The molecule has 3 rings (SSSR count). The van der Waals surface area contributed by atoms with E-state index in [1.54, 1.807) is 6.20 Å². The van der Waals surface area contributed by atoms with Gasteiger partial charge in [0, 0.05) is 25.9 Å². The summed E-state index contributed by atoms with van der Waals surface area (Å²) in [5.41, 5.74) is 6.04. The summed E-state index contributed by atoms with van der Waals surface area (Å²) < 4.78 is 2.11. The molecule has 2 heterocycles. The lowest BCUT2D eigenvalue weighted by atomic mass is 10.1. The Kier molecular flexibility index (Phi) is 3.45. The molecule has 20 heavy (non-hydrogen) atoms. The average molecular weight is 267 g/mol. The number of hydrogen-bond acceptors (Lipinski definition) is 4. The Bertz CT molecular complexity index is 705. The van der Waals surface area contributed by atoms with Crippen LogP contribution in [0.3, 0.4) is 0 Å². The lowest BCUT2D eigenvalue weighted by Gasteiger charge is -2.15. The molecule has 1 atom stereocenters. The van der Waals surface area contributed by atoms with Crippen LogP contribution in [0.4, 0.5) is 0 Å². The molecule has 0 spiro atoms. The fourth-order valence-electron chi connectivity index (χ4n) is 2.42. The number of imidazole rings is 1. The molecule has 0 aliphatic carbocycles. The molecule has 1 unspecified atom stereocenters. The Morgan fingerprint density at radius 1 is 1.25 bits per heavy atom. The van der Waals surface area contributed by atoms with Crippen molar-refractivity contribution in [2.24, 2.45) is 12.9 Å². The van der Waals surface area contributed by atoms with Crippen molar-refractivity contribution in [1.82, 2.24) is 20.0 Å². The molecule has 2 aromatic heterocycles. The molecule has 5 heteroatoms. The fourth-order valence-corrected chi connectivity index (χ4v) is 2.42. The zero-order valence-corrected chi connectivity index (χ0v) is 11.3. The third-order valence-electron chi connectivity index (χ3n) is 3.55. The van der Waals surface area contributed by atoms with Gasteiger partial charge in [0.2, 0.25) is 0 Å². The molecule has 0 radical (unpaired) electrons. The summed E-state index contributed by atoms with van der Waals surface area (Å²) in [4.78, 5) is 8.81. The number of nitrogens with zero attached hydrogens (tertiary/aromatic N) is 3. The smallest absolute Gasteiger partial charge is 0.111 e. The first kappa shape index (κ1) is 12.8. The molecular weight excluding hydrogens is 250 g/mol. The summed E-state index contributed by atoms with van der Waals surface area (Å²) in [6.45, 7) is 0. The van der Waals surface area contributed by atoms with E-state index in [4.69, 9.17) is 5.84 Å². The topological polar surface area (TPSA) is 68.8 Å². The lowest BCUT2D eigenvalue weighted by molar-refractivity contribution is 0.530. The second-order valence-electron chi connectivity index (χ2n) is 4.79. The highest BCUT2D eigenvalue weighted by atomic mass is 15.2. The summed E-state index contributed by atoms with van der Waals surface area (Å²) in [5, 5.41) is 0. The molecule has 0 aliphatic heterocycles. The summed E-state index contributed by atoms with van der Waals surface area (Å²) in [7, 11) is 2.03. The van der Waals surface area contributed by atoms with Crippen LogP contribution in [0.15, 0.2) is 48.8 Å². The first-order chi connectivity index (χ1) is 9.79. The van der Waals surface area contributed by atoms with E-state index in [1.165, 1.54) is 0 Å². The van der Waals surface area contributed by atoms with E-state index in [-0.39, 0.29) is 6.04 Å². The van der Waals surface area contributed by atoms with Gasteiger partial charge in [-0.25, -0.2) is 4.98 Å². The van der Waals surface area contributed by atoms with Gasteiger partial charge in [0.15, 0.2) is 0 Å². The highest BCUT2D eigenvalue weighted by molar-refractivity contribution is 5.75. The van der Waals surface area contributed by atoms with Gasteiger partial charge in [0.05, 0.1) is 17.1 Å². The minimum Gasteiger partial charge on any atom is -0.331 e. The van der Waals surface area contributed by atoms with Crippen LogP contribution in [0.1, 0.15) is 17.4 Å². The SMILES string of the molecule is Cn1c(CC(NN)c2cccnc2)nc2ccccc21. The van der Waals surface area contributed by atoms with Crippen molar-refractivity contribution in [3.05, 3.63) is 60.2 Å². The monoisotopic (exact) mass is 267 g/mol. The molecule has 1 aromatic carbocycles. The number of aromatic nitrogens is 3. The maximum atomic E-state index is 5.68. The summed E-state index contributed by atoms with van der Waals surface area (Å²) in [6, 6.07) is 12.0. The van der Waals surface area contributed by atoms with Crippen LogP contribution in [0.5, 0.6) is 0 Å². The highest BCUT2D eigenvalue weighted by Crippen LogP contribution is 2.20. The molecule has 0 aliphatic rings. The largest absolute Gasteiger partial charge is 0.331 e. The Labute approximate surface area is 117 Å². The number of nitrogens with two attached hydrogens (primary N) is 1. The molecule has 5 nitrogen and oxygen atoms in total. The zero-order chi connectivity index (χ0) is 13.9. The van der Waals surface area contributed by atoms with Gasteiger partial charge in [-0.2, -0.15) is 0 Å². The zero-order valence-electron chi connectivity index (χ0n) is 11.3. The van der Waals surface area contributed by atoms with Crippen molar-refractivity contribution < 1.29 is 0 Å². The second-order valence-corrected chi connectivity index (χ2v) is 4.79. The molecule has 0 bridgehead atoms. The number of nitrogens with one attached hydrogen (secondary N) is 1. The first-order valence-electron chi connectivity index (χ1n) is 6.56. The Hall–Kier alpha value is -2.24. The van der Waals surface area contributed by atoms with Gasteiger partial charge < -0.3 is 4.57 Å². The molecule has 0 saturated carbocycles. The predicted octanol–water partition coefficient (Wildman–Crippen LogP) is 1.72. The molecule has 102 valence electrons. The molecular formula is C15H17N5. The van der Waals surface area contributed by atoms with E-state index in [9.17, 15) is 0 Å². The van der Waals surface area contributed by atoms with Crippen LogP contribution >= 0.6 is 0 Å². The Morgan fingerprint density at radius 3 is 2.80 bits per heavy atom. The Morgan fingerprint density at radius 2 is 2.10 bits per heavy atom. The summed E-state index contributed by atoms with van der Waals surface area (Å²) >= 11 is 0. The average Bonchev–Trinajstić information content (AvgIpc) is 2.82. The number of para-hydroxylation sites is 2. The van der Waals surface area contributed by atoms with Crippen LogP contribution < -0.4 is 11.3 Å². The van der Waals surface area contributed by atoms with Crippen LogP contribution in [0.25, 0.3) is 11.0 Å². The van der Waals surface area contributed by atoms with Gasteiger partial charge in [-0.15, -0.1) is 0 Å². The van der Waals surface area contributed by atoms with Crippen molar-refractivity contribution >= 4 is 11.0 Å². The third kappa shape index (κ3) is 2.29. The van der Waals surface area contributed by atoms with Gasteiger partial charge >= 0.3 is 0 Å². The third-order valence-corrected chi connectivity index (χ3v) is 3.55. The van der Waals surface area contributed by atoms with Crippen LogP contribution in [0, 0.1) is 0 Å². The molecule has 3 aromatic rings. The minimum absolute atomic E-state index is 0.000729. The number of pyridine rings is 1. The quantitative estimate of drug-likeness (QED) is 0.558. The molecule has 0 amide bonds. The van der Waals surface area contributed by atoms with Crippen molar-refractivity contribution in [2.75, 3.05) is 0 Å². The molecule has 0 fully saturated rings. The standard InChI is InChI=1S/C15H17N5/c1-20-14-7-3-2-6-12(14)18-15(20)9-13(19-16)11-5-4-8-17-10-11/h2-8,10,13,19H,9,16H2,1H3. The van der Waals surface area contributed by atoms with E-state index in [0.717, 1.165) is 22.4 Å². The van der Waals surface area contributed by atoms with Gasteiger partial charge in [-0.1, -0.05) is 18.2 Å². The first-order valence-corrected chi connectivity index (χ1v) is 6.56. The van der Waals surface area contributed by atoms with Crippen molar-refractivity contribution in [3.8, 4) is 0 Å². The predicted molar refractivity (Wildman–Crippen MR) is 78.7 cm³/mol. The van der Waals surface area contributed by atoms with Crippen LogP contribution in [-0.2, 0) is 13.5 Å². The number of benzene rings is 1. The van der Waals surface area contributed by atoms with E-state index < -0.39 is 0 Å². The van der Waals surface area contributed by atoms with E-state index in [0.29, 0.717) is 6.42 Å². The number of fused-ring (bicyclic) bond motifs is 1. The fraction of sp³-hybridized carbons (Fsp3) is 0.200. The second kappa shape index (κ2) is 5.40. The lowest BCUT2D eigenvalue weighted by Crippen LogP contribution is -2.30. The van der Waals surface area contributed by atoms with Gasteiger partial charge in [-0.05, 0) is 23.8 Å². The van der Waals surface area contributed by atoms with E-state index in [2.05, 4.69) is 26.0 Å². The van der Waals surface area contributed by atoms with Crippen LogP contribution in [-0.4, -0.2) is 14.5 Å².